The Bertz CT molecular complexity index is 2040. The maximum absolute atomic E-state index is 14.8. The maximum Gasteiger partial charge on any atom is 0.309 e. The maximum atomic E-state index is 14.8. The number of carbonyl (C=O) groups excluding carboxylic acids is 5. The summed E-state index contributed by atoms with van der Waals surface area (Å²) in [5, 5.41) is 30.7. The lowest BCUT2D eigenvalue weighted by Gasteiger charge is -2.38. The van der Waals surface area contributed by atoms with Gasteiger partial charge in [0.2, 0.25) is 17.7 Å². The highest BCUT2D eigenvalue weighted by atomic mass is 32.1. The predicted molar refractivity (Wildman–Crippen MR) is 254 cm³/mol. The average molecular weight is 954 g/mol. The molecule has 1 aliphatic heterocycles. The van der Waals surface area contributed by atoms with Gasteiger partial charge in [0, 0.05) is 43.2 Å². The van der Waals surface area contributed by atoms with Crippen molar-refractivity contribution in [2.75, 3.05) is 30.8 Å². The number of ether oxygens (including phenoxy) is 1. The van der Waals surface area contributed by atoms with Crippen LogP contribution in [0.3, 0.4) is 0 Å². The lowest BCUT2D eigenvalue weighted by molar-refractivity contribution is -0.215. The molecule has 0 saturated carbocycles. The van der Waals surface area contributed by atoms with Crippen molar-refractivity contribution in [2.24, 2.45) is 34.8 Å². The van der Waals surface area contributed by atoms with Gasteiger partial charge in [-0.1, -0.05) is 46.2 Å². The molecule has 0 bridgehead atoms. The van der Waals surface area contributed by atoms with Gasteiger partial charge in [0.05, 0.1) is 30.3 Å². The van der Waals surface area contributed by atoms with Crippen LogP contribution in [-0.2, 0) is 49.6 Å². The first-order valence-electron chi connectivity index (χ1n) is 23.0. The smallest absolute Gasteiger partial charge is 0.309 e. The number of unbranched alkanes of at least 4 members (excludes halogenated alkanes) is 1. The molecule has 0 spiro atoms. The van der Waals surface area contributed by atoms with E-state index in [0.717, 1.165) is 37.1 Å². The zero-order valence-electron chi connectivity index (χ0n) is 40.2. The van der Waals surface area contributed by atoms with E-state index in [1.54, 1.807) is 29.6 Å². The van der Waals surface area contributed by atoms with Crippen LogP contribution in [0.4, 0.5) is 11.5 Å². The molecule has 2 heterocycles. The summed E-state index contributed by atoms with van der Waals surface area (Å²) in [6.45, 7) is 12.8. The van der Waals surface area contributed by atoms with Gasteiger partial charge in [-0.2, -0.15) is 0 Å². The van der Waals surface area contributed by atoms with Gasteiger partial charge >= 0.3 is 17.9 Å². The van der Waals surface area contributed by atoms with Gasteiger partial charge in [0.1, 0.15) is 16.7 Å². The number of benzene rings is 1. The van der Waals surface area contributed by atoms with E-state index in [1.807, 2.05) is 34.7 Å². The number of likely N-dealkylation sites (tertiary alicyclic amines) is 1. The second-order valence-corrected chi connectivity index (χ2v) is 19.3. The van der Waals surface area contributed by atoms with Crippen molar-refractivity contribution in [3.05, 3.63) is 40.2 Å². The summed E-state index contributed by atoms with van der Waals surface area (Å²) in [4.78, 5) is 104. The van der Waals surface area contributed by atoms with Crippen molar-refractivity contribution in [1.82, 2.24) is 20.3 Å². The normalized spacial score (nSPS) is 16.9. The highest BCUT2D eigenvalue weighted by molar-refractivity contribution is 7.10. The number of carboxylic acid groups (broad SMARTS) is 2. The van der Waals surface area contributed by atoms with Crippen molar-refractivity contribution in [2.45, 2.75) is 143 Å². The van der Waals surface area contributed by atoms with E-state index in [-0.39, 0.29) is 62.5 Å². The van der Waals surface area contributed by atoms with Crippen LogP contribution in [-0.4, -0.2) is 105 Å². The Kier molecular flexibility index (Phi) is 22.4. The van der Waals surface area contributed by atoms with Crippen molar-refractivity contribution in [3.63, 3.8) is 0 Å². The monoisotopic (exact) mass is 953 g/mol. The molecule has 1 aliphatic rings. The van der Waals surface area contributed by atoms with Crippen LogP contribution in [0.1, 0.15) is 129 Å². The predicted octanol–water partition coefficient (Wildman–Crippen LogP) is 5.98. The molecule has 18 nitrogen and oxygen atoms in total. The number of hydroxylamine groups is 2. The van der Waals surface area contributed by atoms with E-state index in [1.165, 1.54) is 25.8 Å². The number of carboxylic acids is 2. The van der Waals surface area contributed by atoms with Crippen LogP contribution in [0.25, 0.3) is 0 Å². The van der Waals surface area contributed by atoms with Gasteiger partial charge in [-0.25, -0.2) is 10.0 Å². The Labute approximate surface area is 398 Å². The molecule has 1 fully saturated rings. The second-order valence-electron chi connectivity index (χ2n) is 18.4. The average Bonchev–Trinajstić information content (AvgIpc) is 3.73. The molecule has 2 aromatic rings. The first kappa shape index (κ1) is 55.9. The van der Waals surface area contributed by atoms with Crippen molar-refractivity contribution in [3.8, 4) is 12.3 Å². The number of thiazole rings is 1. The Balaban J connectivity index is 1.91. The molecule has 7 atom stereocenters. The Morgan fingerprint density at radius 2 is 1.73 bits per heavy atom. The summed E-state index contributed by atoms with van der Waals surface area (Å²) in [6, 6.07) is 4.82. The minimum Gasteiger partial charge on any atom is -0.481 e. The molecule has 0 unspecified atom stereocenters. The Morgan fingerprint density at radius 1 is 1.04 bits per heavy atom. The molecule has 1 saturated heterocycles. The number of esters is 1. The SMILES string of the molecule is C#CCCCON(C(=O)[C@H](C(=O)N[C@H]1CCCCN1C)[C@@H](C)CC)[C@H](C[C@@H](OC(C)=O)c1nc(NC(=O)[C@@H](Cc2ccc(NC(=O)[C@@H](N)CCC(=O)O)cc2)CC(C)(C)C(=O)O)cs1)C(C)C. The molecule has 370 valence electrons. The highest BCUT2D eigenvalue weighted by Gasteiger charge is 2.42. The number of nitrogens with two attached hydrogens (primary N) is 1. The number of hydrogen-bond donors (Lipinski definition) is 6. The molecule has 0 radical (unpaired) electrons. The molecule has 7 N–H and O–H groups in total. The third-order valence-electron chi connectivity index (χ3n) is 12.1. The van der Waals surface area contributed by atoms with Gasteiger partial charge in [-0.05, 0) is 102 Å². The van der Waals surface area contributed by atoms with Gasteiger partial charge in [0.25, 0.3) is 5.91 Å². The van der Waals surface area contributed by atoms with E-state index in [4.69, 9.17) is 26.8 Å². The van der Waals surface area contributed by atoms with Crippen LogP contribution in [0, 0.1) is 41.4 Å². The van der Waals surface area contributed by atoms with Gasteiger partial charge in [0.15, 0.2) is 6.10 Å². The van der Waals surface area contributed by atoms with Crippen LogP contribution in [0.2, 0.25) is 0 Å². The van der Waals surface area contributed by atoms with E-state index in [9.17, 15) is 38.7 Å². The van der Waals surface area contributed by atoms with E-state index >= 15 is 0 Å². The van der Waals surface area contributed by atoms with Gasteiger partial charge < -0.3 is 36.6 Å². The fraction of sp³-hybridized carbons (Fsp3) is 0.625. The number of hydrogen-bond acceptors (Lipinski definition) is 13. The van der Waals surface area contributed by atoms with Crippen molar-refractivity contribution >= 4 is 64.4 Å². The van der Waals surface area contributed by atoms with Crippen molar-refractivity contribution in [1.29, 1.82) is 0 Å². The summed E-state index contributed by atoms with van der Waals surface area (Å²) >= 11 is 1.12. The van der Waals surface area contributed by atoms with Crippen LogP contribution < -0.4 is 21.7 Å². The zero-order chi connectivity index (χ0) is 50.0. The lowest BCUT2D eigenvalue weighted by atomic mass is 9.80. The fourth-order valence-electron chi connectivity index (χ4n) is 7.75. The molecule has 67 heavy (non-hydrogen) atoms. The quantitative estimate of drug-likeness (QED) is 0.0198. The first-order chi connectivity index (χ1) is 31.6. The molecule has 19 heteroatoms. The molecular weight excluding hydrogens is 883 g/mol. The van der Waals surface area contributed by atoms with Crippen molar-refractivity contribution < 1.29 is 53.3 Å². The minimum atomic E-state index is -1.30. The number of nitrogens with one attached hydrogen (secondary N) is 3. The number of carbonyl (C=O) groups is 7. The summed E-state index contributed by atoms with van der Waals surface area (Å²) in [5.41, 5.74) is 5.60. The third kappa shape index (κ3) is 17.6. The molecule has 1 aromatic carbocycles. The zero-order valence-corrected chi connectivity index (χ0v) is 41.0. The van der Waals surface area contributed by atoms with E-state index in [0.29, 0.717) is 35.5 Å². The van der Waals surface area contributed by atoms with Crippen LogP contribution >= 0.6 is 11.3 Å². The Hall–Kier alpha value is -5.42. The lowest BCUT2D eigenvalue weighted by Crippen LogP contribution is -2.55. The number of anilines is 2. The summed E-state index contributed by atoms with van der Waals surface area (Å²) < 4.78 is 5.85. The van der Waals surface area contributed by atoms with E-state index < -0.39 is 77.0 Å². The standard InChI is InChI=1S/C48H71N7O11S/c1-10-12-15-24-65-55(46(62)41(30(5)11-2)44(61)53-39-16-13-14-23-54(39)9)36(29(3)4)26-37(66-31(6)56)45-52-38(28-67-45)51-42(59)33(27-48(7,8)47(63)64)25-32-17-19-34(20-18-32)50-43(60)35(49)21-22-40(57)58/h1,17-20,28-30,33,35-37,39,41H,11-16,21-27,49H2,2-9H3,(H,50,60)(H,51,59)(H,53,61)(H,57,58)(H,63,64)/t30-,33-,35-,36+,37+,39+,41-/m0/s1. The molecule has 3 rings (SSSR count). The Morgan fingerprint density at radius 3 is 2.31 bits per heavy atom. The number of piperidine rings is 1. The van der Waals surface area contributed by atoms with E-state index in [2.05, 4.69) is 31.8 Å². The summed E-state index contributed by atoms with van der Waals surface area (Å²) in [6.07, 6.45) is 8.22. The number of rotatable bonds is 27. The second kappa shape index (κ2) is 26.8. The first-order valence-corrected chi connectivity index (χ1v) is 23.9. The van der Waals surface area contributed by atoms with Crippen LogP contribution in [0.5, 0.6) is 0 Å². The van der Waals surface area contributed by atoms with Gasteiger partial charge in [-0.3, -0.25) is 43.3 Å². The highest BCUT2D eigenvalue weighted by Crippen LogP contribution is 2.35. The molecule has 4 amide bonds. The molecule has 0 aliphatic carbocycles. The van der Waals surface area contributed by atoms with Gasteiger partial charge in [-0.15, -0.1) is 23.7 Å². The third-order valence-corrected chi connectivity index (χ3v) is 13.0. The minimum absolute atomic E-state index is 0.0272. The number of aliphatic carboxylic acids is 2. The molecular formula is C48H71N7O11S. The largest absolute Gasteiger partial charge is 0.481 e. The fourth-order valence-corrected chi connectivity index (χ4v) is 8.54. The number of terminal acetylenes is 1. The summed E-state index contributed by atoms with van der Waals surface area (Å²) in [5.74, 6) is -4.61. The van der Waals surface area contributed by atoms with Crippen LogP contribution in [0.15, 0.2) is 29.6 Å². The summed E-state index contributed by atoms with van der Waals surface area (Å²) in [7, 11) is 1.95. The number of aromatic nitrogens is 1. The number of nitrogens with zero attached hydrogens (tertiary/aromatic N) is 3. The topological polar surface area (TPSA) is 260 Å². The number of amides is 4. The molecule has 1 aromatic heterocycles.